The van der Waals surface area contributed by atoms with Gasteiger partial charge in [-0.05, 0) is 19.9 Å². The Kier molecular flexibility index (Phi) is 2.90. The first-order chi connectivity index (χ1) is 5.33. The molecular weight excluding hydrogens is 138 g/mol. The first-order valence-electron chi connectivity index (χ1n) is 4.63. The van der Waals surface area contributed by atoms with Crippen molar-refractivity contribution in [2.24, 2.45) is 0 Å². The average molecular weight is 157 g/mol. The second-order valence-corrected chi connectivity index (χ2v) is 3.20. The van der Waals surface area contributed by atoms with E-state index in [1.807, 2.05) is 13.8 Å². The Morgan fingerprint density at radius 2 is 2.00 bits per heavy atom. The van der Waals surface area contributed by atoms with Gasteiger partial charge in [0.15, 0.2) is 0 Å². The molecule has 2 aliphatic heterocycles. The van der Waals surface area contributed by atoms with Crippen molar-refractivity contribution >= 4 is 0 Å². The van der Waals surface area contributed by atoms with Gasteiger partial charge in [-0.1, -0.05) is 13.8 Å². The number of likely N-dealkylation sites (N-methyl/N-ethyl adjacent to an activating group) is 1. The first kappa shape index (κ1) is 9.01. The van der Waals surface area contributed by atoms with Gasteiger partial charge in [-0.2, -0.15) is 0 Å². The molecule has 2 saturated heterocycles. The number of ether oxygens (including phenoxy) is 1. The minimum absolute atomic E-state index is 0.486. The smallest absolute Gasteiger partial charge is 0.0651 e. The van der Waals surface area contributed by atoms with Crippen LogP contribution < -0.4 is 0 Å². The van der Waals surface area contributed by atoms with Crippen molar-refractivity contribution in [1.29, 1.82) is 0 Å². The zero-order valence-electron chi connectivity index (χ0n) is 7.89. The van der Waals surface area contributed by atoms with E-state index in [4.69, 9.17) is 4.74 Å². The third kappa shape index (κ3) is 1.42. The second-order valence-electron chi connectivity index (χ2n) is 3.20. The van der Waals surface area contributed by atoms with E-state index >= 15 is 0 Å². The van der Waals surface area contributed by atoms with Crippen molar-refractivity contribution in [2.45, 2.75) is 32.2 Å². The molecule has 0 aromatic carbocycles. The lowest BCUT2D eigenvalue weighted by molar-refractivity contribution is 0.00244. The van der Waals surface area contributed by atoms with Crippen LogP contribution in [0.4, 0.5) is 0 Å². The molecule has 1 unspecified atom stereocenters. The minimum Gasteiger partial charge on any atom is -0.379 e. The molecule has 2 aliphatic rings. The fraction of sp³-hybridized carbons (Fsp3) is 1.00. The van der Waals surface area contributed by atoms with Crippen molar-refractivity contribution in [2.75, 3.05) is 26.8 Å². The van der Waals surface area contributed by atoms with Gasteiger partial charge in [0, 0.05) is 18.7 Å². The van der Waals surface area contributed by atoms with Gasteiger partial charge in [0.05, 0.1) is 6.61 Å². The predicted octanol–water partition coefficient (Wildman–Crippen LogP) is 1.51. The second kappa shape index (κ2) is 3.55. The summed E-state index contributed by atoms with van der Waals surface area (Å²) in [7, 11) is 2.19. The zero-order valence-corrected chi connectivity index (χ0v) is 7.89. The monoisotopic (exact) mass is 157 g/mol. The maximum Gasteiger partial charge on any atom is 0.0651 e. The van der Waals surface area contributed by atoms with Gasteiger partial charge in [-0.3, -0.25) is 4.90 Å². The maximum absolute atomic E-state index is 5.33. The number of rotatable bonds is 0. The van der Waals surface area contributed by atoms with Gasteiger partial charge < -0.3 is 4.74 Å². The summed E-state index contributed by atoms with van der Waals surface area (Å²) in [5, 5.41) is 0. The van der Waals surface area contributed by atoms with E-state index in [1.165, 1.54) is 19.4 Å². The summed E-state index contributed by atoms with van der Waals surface area (Å²) in [5.74, 6) is 0. The molecule has 0 aromatic heterocycles. The molecule has 0 N–H and O–H groups in total. The lowest BCUT2D eigenvalue weighted by Crippen LogP contribution is -2.58. The van der Waals surface area contributed by atoms with Crippen LogP contribution >= 0.6 is 0 Å². The molecule has 2 rings (SSSR count). The zero-order chi connectivity index (χ0) is 8.32. The minimum atomic E-state index is 0.486. The summed E-state index contributed by atoms with van der Waals surface area (Å²) in [6.07, 6.45) is 2.60. The molecule has 66 valence electrons. The lowest BCUT2D eigenvalue weighted by Gasteiger charge is -2.47. The van der Waals surface area contributed by atoms with E-state index in [0.717, 1.165) is 13.2 Å². The van der Waals surface area contributed by atoms with E-state index < -0.39 is 0 Å². The first-order valence-corrected chi connectivity index (χ1v) is 4.63. The van der Waals surface area contributed by atoms with Crippen LogP contribution in [0.15, 0.2) is 0 Å². The van der Waals surface area contributed by atoms with E-state index in [0.29, 0.717) is 5.54 Å². The van der Waals surface area contributed by atoms with E-state index in [9.17, 15) is 0 Å². The highest BCUT2D eigenvalue weighted by Gasteiger charge is 2.44. The molecule has 11 heavy (non-hydrogen) atoms. The molecular formula is C9H19NO. The molecule has 2 heteroatoms. The molecule has 0 bridgehead atoms. The molecule has 2 fully saturated rings. The van der Waals surface area contributed by atoms with Crippen LogP contribution in [-0.4, -0.2) is 37.2 Å². The summed E-state index contributed by atoms with van der Waals surface area (Å²) in [5.41, 5.74) is 0.486. The Balaban J connectivity index is 0.000000281. The van der Waals surface area contributed by atoms with E-state index in [2.05, 4.69) is 11.9 Å². The van der Waals surface area contributed by atoms with Crippen molar-refractivity contribution in [1.82, 2.24) is 4.90 Å². The predicted molar refractivity (Wildman–Crippen MR) is 46.8 cm³/mol. The summed E-state index contributed by atoms with van der Waals surface area (Å²) < 4.78 is 5.33. The van der Waals surface area contributed by atoms with E-state index in [1.54, 1.807) is 0 Å². The summed E-state index contributed by atoms with van der Waals surface area (Å²) in [6, 6.07) is 0. The fourth-order valence-corrected chi connectivity index (χ4v) is 1.75. The Morgan fingerprint density at radius 1 is 1.27 bits per heavy atom. The molecule has 0 radical (unpaired) electrons. The Labute approximate surface area is 69.5 Å². The highest BCUT2D eigenvalue weighted by molar-refractivity contribution is 5.00. The number of likely N-dealkylation sites (tertiary alicyclic amines) is 1. The summed E-state index contributed by atoms with van der Waals surface area (Å²) >= 11 is 0. The SMILES string of the molecule is CC.CN1CCC12CCOC2. The number of hydrogen-bond donors (Lipinski definition) is 0. The van der Waals surface area contributed by atoms with Crippen molar-refractivity contribution in [3.63, 3.8) is 0 Å². The van der Waals surface area contributed by atoms with Crippen LogP contribution in [0, 0.1) is 0 Å². The topological polar surface area (TPSA) is 12.5 Å². The largest absolute Gasteiger partial charge is 0.379 e. The maximum atomic E-state index is 5.33. The molecule has 2 nitrogen and oxygen atoms in total. The lowest BCUT2D eigenvalue weighted by atomic mass is 9.85. The standard InChI is InChI=1S/C7H13NO.C2H6/c1-8-4-2-7(8)3-5-9-6-7;1-2/h2-6H2,1H3;1-2H3. The van der Waals surface area contributed by atoms with Crippen LogP contribution in [0.2, 0.25) is 0 Å². The third-order valence-corrected chi connectivity index (χ3v) is 2.80. The fourth-order valence-electron chi connectivity index (χ4n) is 1.75. The molecule has 2 heterocycles. The molecule has 1 atom stereocenters. The van der Waals surface area contributed by atoms with Gasteiger partial charge in [-0.15, -0.1) is 0 Å². The normalized spacial score (nSPS) is 36.3. The average Bonchev–Trinajstić information content (AvgIpc) is 2.56. The Hall–Kier alpha value is -0.0800. The van der Waals surface area contributed by atoms with E-state index in [-0.39, 0.29) is 0 Å². The highest BCUT2D eigenvalue weighted by atomic mass is 16.5. The summed E-state index contributed by atoms with van der Waals surface area (Å²) in [6.45, 7) is 7.22. The van der Waals surface area contributed by atoms with Crippen LogP contribution in [-0.2, 0) is 4.74 Å². The van der Waals surface area contributed by atoms with Gasteiger partial charge in [0.25, 0.3) is 0 Å². The molecule has 0 saturated carbocycles. The number of hydrogen-bond acceptors (Lipinski definition) is 2. The molecule has 0 amide bonds. The Bertz CT molecular complexity index is 119. The Morgan fingerprint density at radius 3 is 2.18 bits per heavy atom. The van der Waals surface area contributed by atoms with Crippen molar-refractivity contribution < 1.29 is 4.74 Å². The van der Waals surface area contributed by atoms with Crippen LogP contribution in [0.5, 0.6) is 0 Å². The van der Waals surface area contributed by atoms with Gasteiger partial charge in [-0.25, -0.2) is 0 Å². The van der Waals surface area contributed by atoms with Crippen molar-refractivity contribution in [3.05, 3.63) is 0 Å². The van der Waals surface area contributed by atoms with Gasteiger partial charge in [0.2, 0.25) is 0 Å². The van der Waals surface area contributed by atoms with Crippen molar-refractivity contribution in [3.8, 4) is 0 Å². The summed E-state index contributed by atoms with van der Waals surface area (Å²) in [4.78, 5) is 2.42. The molecule has 0 aromatic rings. The quantitative estimate of drug-likeness (QED) is 0.528. The van der Waals surface area contributed by atoms with Crippen LogP contribution in [0.3, 0.4) is 0 Å². The van der Waals surface area contributed by atoms with Crippen LogP contribution in [0.1, 0.15) is 26.7 Å². The van der Waals surface area contributed by atoms with Gasteiger partial charge >= 0.3 is 0 Å². The number of nitrogens with zero attached hydrogens (tertiary/aromatic N) is 1. The van der Waals surface area contributed by atoms with Crippen LogP contribution in [0.25, 0.3) is 0 Å². The third-order valence-electron chi connectivity index (χ3n) is 2.80. The van der Waals surface area contributed by atoms with Gasteiger partial charge in [0.1, 0.15) is 0 Å². The highest BCUT2D eigenvalue weighted by Crippen LogP contribution is 2.35. The molecule has 0 aliphatic carbocycles. The molecule has 1 spiro atoms.